The van der Waals surface area contributed by atoms with Gasteiger partial charge in [0.25, 0.3) is 0 Å². The fraction of sp³-hybridized carbons (Fsp3) is 0.545. The summed E-state index contributed by atoms with van der Waals surface area (Å²) in [6, 6.07) is 9.95. The normalized spacial score (nSPS) is 11.7. The molecule has 0 unspecified atom stereocenters. The molecule has 0 aliphatic rings. The summed E-state index contributed by atoms with van der Waals surface area (Å²) < 4.78 is 16.3. The molecule has 2 aromatic rings. The highest BCUT2D eigenvalue weighted by atomic mass is 16.5. The lowest BCUT2D eigenvalue weighted by Crippen LogP contribution is -2.37. The van der Waals surface area contributed by atoms with Crippen molar-refractivity contribution in [1.29, 1.82) is 0 Å². The molecule has 1 aromatic heterocycles. The number of nitrogens with zero attached hydrogens (tertiary/aromatic N) is 2. The first-order chi connectivity index (χ1) is 14.2. The van der Waals surface area contributed by atoms with E-state index in [-0.39, 0.29) is 0 Å². The van der Waals surface area contributed by atoms with Crippen LogP contribution in [0.3, 0.4) is 0 Å². The lowest BCUT2D eigenvalue weighted by molar-refractivity contribution is 0.119. The average Bonchev–Trinajstić information content (AvgIpc) is 3.22. The summed E-state index contributed by atoms with van der Waals surface area (Å²) in [6.07, 6.45) is 3.03. The van der Waals surface area contributed by atoms with Crippen molar-refractivity contribution in [1.82, 2.24) is 15.8 Å². The van der Waals surface area contributed by atoms with Crippen LogP contribution in [0.2, 0.25) is 0 Å². The van der Waals surface area contributed by atoms with Gasteiger partial charge >= 0.3 is 0 Å². The lowest BCUT2D eigenvalue weighted by Gasteiger charge is -2.11. The van der Waals surface area contributed by atoms with Crippen LogP contribution in [0.5, 0.6) is 5.75 Å². The van der Waals surface area contributed by atoms with Gasteiger partial charge in [0, 0.05) is 32.2 Å². The van der Waals surface area contributed by atoms with Gasteiger partial charge in [0.05, 0.1) is 26.0 Å². The summed E-state index contributed by atoms with van der Waals surface area (Å²) in [7, 11) is 3.42. The van der Waals surface area contributed by atoms with Crippen LogP contribution in [0.25, 0.3) is 0 Å². The van der Waals surface area contributed by atoms with E-state index in [4.69, 9.17) is 14.0 Å². The number of aliphatic imine (C=N–C) groups is 1. The molecule has 7 heteroatoms. The highest BCUT2D eigenvalue weighted by Crippen LogP contribution is 2.22. The summed E-state index contributed by atoms with van der Waals surface area (Å²) in [4.78, 5) is 4.24. The number of hydrogen-bond donors (Lipinski definition) is 2. The number of benzene rings is 1. The molecule has 0 aliphatic heterocycles. The van der Waals surface area contributed by atoms with E-state index < -0.39 is 0 Å². The molecule has 0 atom stereocenters. The van der Waals surface area contributed by atoms with Crippen LogP contribution >= 0.6 is 0 Å². The van der Waals surface area contributed by atoms with Gasteiger partial charge in [-0.2, -0.15) is 0 Å². The molecular formula is C22H34N4O3. The maximum Gasteiger partial charge on any atom is 0.191 e. The largest absolute Gasteiger partial charge is 0.497 e. The standard InChI is InChI=1S/C22H34N4O3/c1-5-18(6-2)21-14-20(29-26-21)15-25-22(23-3)24-12-7-13-28-16-17-8-10-19(27-4)11-9-17/h8-11,14,18H,5-7,12-13,15-16H2,1-4H3,(H2,23,24,25). The number of rotatable bonds is 12. The van der Waals surface area contributed by atoms with Gasteiger partial charge in [-0.3, -0.25) is 4.99 Å². The predicted octanol–water partition coefficient (Wildman–Crippen LogP) is 3.86. The minimum Gasteiger partial charge on any atom is -0.497 e. The van der Waals surface area contributed by atoms with Crippen molar-refractivity contribution < 1.29 is 14.0 Å². The van der Waals surface area contributed by atoms with Crippen LogP contribution < -0.4 is 15.4 Å². The number of ether oxygens (including phenoxy) is 2. The van der Waals surface area contributed by atoms with E-state index in [0.717, 1.165) is 54.5 Å². The van der Waals surface area contributed by atoms with E-state index in [9.17, 15) is 0 Å². The molecule has 160 valence electrons. The Morgan fingerprint density at radius 3 is 2.59 bits per heavy atom. The van der Waals surface area contributed by atoms with Crippen LogP contribution in [0.4, 0.5) is 0 Å². The highest BCUT2D eigenvalue weighted by Gasteiger charge is 2.13. The molecule has 2 rings (SSSR count). The molecule has 2 N–H and O–H groups in total. The Bertz CT molecular complexity index is 724. The Morgan fingerprint density at radius 2 is 1.93 bits per heavy atom. The Morgan fingerprint density at radius 1 is 1.17 bits per heavy atom. The molecule has 0 amide bonds. The number of methoxy groups -OCH3 is 1. The molecule has 0 spiro atoms. The van der Waals surface area contributed by atoms with Gasteiger partial charge in [-0.1, -0.05) is 31.1 Å². The third-order valence-electron chi connectivity index (χ3n) is 4.82. The van der Waals surface area contributed by atoms with Gasteiger partial charge in [0.15, 0.2) is 11.7 Å². The third kappa shape index (κ3) is 7.77. The monoisotopic (exact) mass is 402 g/mol. The van der Waals surface area contributed by atoms with E-state index in [1.807, 2.05) is 30.3 Å². The number of aromatic nitrogens is 1. The zero-order chi connectivity index (χ0) is 20.9. The van der Waals surface area contributed by atoms with Crippen LogP contribution in [0.15, 0.2) is 39.8 Å². The fourth-order valence-corrected chi connectivity index (χ4v) is 3.00. The van der Waals surface area contributed by atoms with Crippen molar-refractivity contribution in [3.05, 3.63) is 47.3 Å². The molecule has 0 saturated heterocycles. The van der Waals surface area contributed by atoms with Crippen molar-refractivity contribution in [2.75, 3.05) is 27.3 Å². The molecule has 0 aliphatic carbocycles. The number of guanidine groups is 1. The summed E-state index contributed by atoms with van der Waals surface area (Å²) in [5.41, 5.74) is 2.17. The van der Waals surface area contributed by atoms with Crippen molar-refractivity contribution in [2.45, 2.75) is 52.2 Å². The molecule has 1 heterocycles. The average molecular weight is 403 g/mol. The number of nitrogens with one attached hydrogen (secondary N) is 2. The Labute approximate surface area is 173 Å². The Kier molecular flexibility index (Phi) is 10.1. The SMILES string of the molecule is CCC(CC)c1cc(CNC(=NC)NCCCOCc2ccc(OC)cc2)on1. The van der Waals surface area contributed by atoms with Gasteiger partial charge in [0.2, 0.25) is 0 Å². The first-order valence-corrected chi connectivity index (χ1v) is 10.3. The van der Waals surface area contributed by atoms with E-state index in [1.54, 1.807) is 14.2 Å². The molecule has 0 bridgehead atoms. The van der Waals surface area contributed by atoms with E-state index in [1.165, 1.54) is 0 Å². The maximum absolute atomic E-state index is 5.72. The summed E-state index contributed by atoms with van der Waals surface area (Å²) in [5, 5.41) is 10.7. The molecule has 0 radical (unpaired) electrons. The van der Waals surface area contributed by atoms with E-state index in [2.05, 4.69) is 34.6 Å². The van der Waals surface area contributed by atoms with Crippen LogP contribution in [-0.4, -0.2) is 38.4 Å². The van der Waals surface area contributed by atoms with Gasteiger partial charge < -0.3 is 24.6 Å². The summed E-state index contributed by atoms with van der Waals surface area (Å²) >= 11 is 0. The van der Waals surface area contributed by atoms with Crippen LogP contribution in [0.1, 0.15) is 56.0 Å². The van der Waals surface area contributed by atoms with Crippen molar-refractivity contribution in [3.8, 4) is 5.75 Å². The van der Waals surface area contributed by atoms with Crippen LogP contribution in [-0.2, 0) is 17.9 Å². The topological polar surface area (TPSA) is 80.9 Å². The highest BCUT2D eigenvalue weighted by molar-refractivity contribution is 5.79. The van der Waals surface area contributed by atoms with Gasteiger partial charge in [0.1, 0.15) is 5.75 Å². The molecular weight excluding hydrogens is 368 g/mol. The minimum atomic E-state index is 0.461. The molecule has 0 fully saturated rings. The zero-order valence-electron chi connectivity index (χ0n) is 18.0. The van der Waals surface area contributed by atoms with Gasteiger partial charge in [-0.15, -0.1) is 0 Å². The second-order valence-corrected chi connectivity index (χ2v) is 6.84. The van der Waals surface area contributed by atoms with Crippen molar-refractivity contribution in [2.24, 2.45) is 4.99 Å². The Hall–Kier alpha value is -2.54. The zero-order valence-corrected chi connectivity index (χ0v) is 18.0. The summed E-state index contributed by atoms with van der Waals surface area (Å²) in [5.74, 6) is 2.87. The first kappa shape index (κ1) is 22.7. The fourth-order valence-electron chi connectivity index (χ4n) is 3.00. The first-order valence-electron chi connectivity index (χ1n) is 10.3. The number of hydrogen-bond acceptors (Lipinski definition) is 5. The molecule has 29 heavy (non-hydrogen) atoms. The third-order valence-corrected chi connectivity index (χ3v) is 4.82. The maximum atomic E-state index is 5.72. The molecule has 7 nitrogen and oxygen atoms in total. The van der Waals surface area contributed by atoms with Gasteiger partial charge in [-0.25, -0.2) is 0 Å². The van der Waals surface area contributed by atoms with E-state index >= 15 is 0 Å². The lowest BCUT2D eigenvalue weighted by atomic mass is 9.99. The second kappa shape index (κ2) is 12.8. The minimum absolute atomic E-state index is 0.461. The van der Waals surface area contributed by atoms with Crippen LogP contribution in [0, 0.1) is 0 Å². The second-order valence-electron chi connectivity index (χ2n) is 6.84. The van der Waals surface area contributed by atoms with Gasteiger partial charge in [-0.05, 0) is 37.0 Å². The molecule has 0 saturated carbocycles. The smallest absolute Gasteiger partial charge is 0.191 e. The van der Waals surface area contributed by atoms with Crippen molar-refractivity contribution in [3.63, 3.8) is 0 Å². The van der Waals surface area contributed by atoms with E-state index in [0.29, 0.717) is 25.7 Å². The predicted molar refractivity (Wildman–Crippen MR) is 115 cm³/mol. The van der Waals surface area contributed by atoms with Crippen molar-refractivity contribution >= 4 is 5.96 Å². The summed E-state index contributed by atoms with van der Waals surface area (Å²) in [6.45, 7) is 6.96. The quantitative estimate of drug-likeness (QED) is 0.319. The Balaban J connectivity index is 1.61. The molecule has 1 aromatic carbocycles.